The van der Waals surface area contributed by atoms with Crippen molar-refractivity contribution in [1.29, 1.82) is 0 Å². The zero-order valence-corrected chi connectivity index (χ0v) is 12.2. The van der Waals surface area contributed by atoms with Crippen LogP contribution in [0.3, 0.4) is 0 Å². The zero-order valence-electron chi connectivity index (χ0n) is 12.2. The van der Waals surface area contributed by atoms with E-state index in [1.807, 2.05) is 12.1 Å². The van der Waals surface area contributed by atoms with Gasteiger partial charge in [0, 0.05) is 18.3 Å². The maximum absolute atomic E-state index is 11.5. The van der Waals surface area contributed by atoms with Gasteiger partial charge in [-0.2, -0.15) is 0 Å². The predicted molar refractivity (Wildman–Crippen MR) is 81.5 cm³/mol. The Labute approximate surface area is 124 Å². The number of rotatable bonds is 9. The SMILES string of the molecule is CCOC(=O)c1ccc(NCCCCC=CC(=O)O)cc1. The van der Waals surface area contributed by atoms with Crippen molar-refractivity contribution in [2.75, 3.05) is 18.5 Å². The fourth-order valence-corrected chi connectivity index (χ4v) is 1.74. The van der Waals surface area contributed by atoms with Crippen LogP contribution in [0, 0.1) is 0 Å². The van der Waals surface area contributed by atoms with Gasteiger partial charge in [-0.15, -0.1) is 0 Å². The Morgan fingerprint density at radius 1 is 1.24 bits per heavy atom. The van der Waals surface area contributed by atoms with Gasteiger partial charge < -0.3 is 15.2 Å². The molecular formula is C16H21NO4. The van der Waals surface area contributed by atoms with Crippen LogP contribution in [0.2, 0.25) is 0 Å². The van der Waals surface area contributed by atoms with Gasteiger partial charge in [-0.1, -0.05) is 6.08 Å². The highest BCUT2D eigenvalue weighted by atomic mass is 16.5. The van der Waals surface area contributed by atoms with Gasteiger partial charge in [-0.05, 0) is 50.5 Å². The Balaban J connectivity index is 2.24. The molecule has 0 heterocycles. The molecule has 0 radical (unpaired) electrons. The average molecular weight is 291 g/mol. The molecule has 5 heteroatoms. The lowest BCUT2D eigenvalue weighted by Crippen LogP contribution is -2.05. The maximum atomic E-state index is 11.5. The second-order valence-corrected chi connectivity index (χ2v) is 4.46. The summed E-state index contributed by atoms with van der Waals surface area (Å²) in [7, 11) is 0. The van der Waals surface area contributed by atoms with Crippen LogP contribution in [0.5, 0.6) is 0 Å². The number of nitrogens with one attached hydrogen (secondary N) is 1. The van der Waals surface area contributed by atoms with E-state index in [1.165, 1.54) is 6.08 Å². The first-order valence-corrected chi connectivity index (χ1v) is 7.04. The van der Waals surface area contributed by atoms with Gasteiger partial charge in [0.1, 0.15) is 0 Å². The van der Waals surface area contributed by atoms with Gasteiger partial charge in [-0.25, -0.2) is 9.59 Å². The molecule has 0 saturated heterocycles. The number of carbonyl (C=O) groups is 2. The molecule has 0 amide bonds. The van der Waals surface area contributed by atoms with Crippen LogP contribution in [0.25, 0.3) is 0 Å². The van der Waals surface area contributed by atoms with Crippen molar-refractivity contribution in [2.45, 2.75) is 26.2 Å². The Hall–Kier alpha value is -2.30. The van der Waals surface area contributed by atoms with E-state index in [0.717, 1.165) is 31.5 Å². The molecule has 0 aliphatic heterocycles. The third-order valence-corrected chi connectivity index (χ3v) is 2.78. The fourth-order valence-electron chi connectivity index (χ4n) is 1.74. The van der Waals surface area contributed by atoms with Gasteiger partial charge in [0.2, 0.25) is 0 Å². The number of ether oxygens (including phenoxy) is 1. The maximum Gasteiger partial charge on any atom is 0.338 e. The number of carboxylic acids is 1. The van der Waals surface area contributed by atoms with Crippen LogP contribution in [-0.4, -0.2) is 30.2 Å². The highest BCUT2D eigenvalue weighted by molar-refractivity contribution is 5.89. The van der Waals surface area contributed by atoms with Gasteiger partial charge in [0.25, 0.3) is 0 Å². The number of unbranched alkanes of at least 4 members (excludes halogenated alkanes) is 2. The molecule has 5 nitrogen and oxygen atoms in total. The molecule has 0 aliphatic rings. The lowest BCUT2D eigenvalue weighted by molar-refractivity contribution is -0.131. The Bertz CT molecular complexity index is 480. The van der Waals surface area contributed by atoms with Crippen LogP contribution in [-0.2, 0) is 9.53 Å². The van der Waals surface area contributed by atoms with Crippen LogP contribution in [0.15, 0.2) is 36.4 Å². The van der Waals surface area contributed by atoms with E-state index in [0.29, 0.717) is 12.2 Å². The molecule has 114 valence electrons. The summed E-state index contributed by atoms with van der Waals surface area (Å²) in [5, 5.41) is 11.7. The number of esters is 1. The van der Waals surface area contributed by atoms with Crippen molar-refractivity contribution in [3.63, 3.8) is 0 Å². The van der Waals surface area contributed by atoms with E-state index in [1.54, 1.807) is 25.1 Å². The zero-order chi connectivity index (χ0) is 15.5. The second kappa shape index (κ2) is 9.58. The van der Waals surface area contributed by atoms with Crippen molar-refractivity contribution >= 4 is 17.6 Å². The first-order chi connectivity index (χ1) is 10.1. The first-order valence-electron chi connectivity index (χ1n) is 7.04. The number of hydrogen-bond donors (Lipinski definition) is 2. The number of allylic oxidation sites excluding steroid dienone is 1. The lowest BCUT2D eigenvalue weighted by atomic mass is 10.2. The molecular weight excluding hydrogens is 270 g/mol. The molecule has 0 aromatic heterocycles. The largest absolute Gasteiger partial charge is 0.478 e. The molecule has 0 unspecified atom stereocenters. The first kappa shape index (κ1) is 16.8. The Morgan fingerprint density at radius 2 is 1.95 bits per heavy atom. The topological polar surface area (TPSA) is 75.6 Å². The highest BCUT2D eigenvalue weighted by Gasteiger charge is 2.04. The van der Waals surface area contributed by atoms with E-state index in [4.69, 9.17) is 9.84 Å². The van der Waals surface area contributed by atoms with Crippen molar-refractivity contribution in [2.24, 2.45) is 0 Å². The molecule has 0 spiro atoms. The third kappa shape index (κ3) is 7.15. The van der Waals surface area contributed by atoms with Gasteiger partial charge >= 0.3 is 11.9 Å². The molecule has 21 heavy (non-hydrogen) atoms. The van der Waals surface area contributed by atoms with E-state index in [9.17, 15) is 9.59 Å². The van der Waals surface area contributed by atoms with Crippen LogP contribution in [0.4, 0.5) is 5.69 Å². The van der Waals surface area contributed by atoms with Gasteiger partial charge in [0.05, 0.1) is 12.2 Å². The van der Waals surface area contributed by atoms with E-state index < -0.39 is 5.97 Å². The van der Waals surface area contributed by atoms with Crippen molar-refractivity contribution < 1.29 is 19.4 Å². The van der Waals surface area contributed by atoms with Crippen LogP contribution >= 0.6 is 0 Å². The monoisotopic (exact) mass is 291 g/mol. The highest BCUT2D eigenvalue weighted by Crippen LogP contribution is 2.11. The summed E-state index contributed by atoms with van der Waals surface area (Å²) in [6, 6.07) is 7.15. The standard InChI is InChI=1S/C16H21NO4/c1-2-21-16(20)13-8-10-14(11-9-13)17-12-6-4-3-5-7-15(18)19/h5,7-11,17H,2-4,6,12H2,1H3,(H,18,19). The predicted octanol–water partition coefficient (Wildman–Crippen LogP) is 3.09. The normalized spacial score (nSPS) is 10.5. The molecule has 0 saturated carbocycles. The Morgan fingerprint density at radius 3 is 2.57 bits per heavy atom. The minimum atomic E-state index is -0.908. The van der Waals surface area contributed by atoms with E-state index in [2.05, 4.69) is 5.32 Å². The van der Waals surface area contributed by atoms with Crippen LogP contribution < -0.4 is 5.32 Å². The molecule has 0 bridgehead atoms. The number of anilines is 1. The number of carboxylic acid groups (broad SMARTS) is 1. The average Bonchev–Trinajstić information content (AvgIpc) is 2.47. The lowest BCUT2D eigenvalue weighted by Gasteiger charge is -2.07. The fraction of sp³-hybridized carbons (Fsp3) is 0.375. The molecule has 1 aromatic rings. The van der Waals surface area contributed by atoms with Crippen molar-refractivity contribution in [3.8, 4) is 0 Å². The number of carbonyl (C=O) groups excluding carboxylic acids is 1. The molecule has 1 aromatic carbocycles. The van der Waals surface area contributed by atoms with Gasteiger partial charge in [-0.3, -0.25) is 0 Å². The molecule has 0 atom stereocenters. The van der Waals surface area contributed by atoms with E-state index >= 15 is 0 Å². The summed E-state index contributed by atoms with van der Waals surface area (Å²) < 4.78 is 4.91. The van der Waals surface area contributed by atoms with Crippen molar-refractivity contribution in [1.82, 2.24) is 0 Å². The molecule has 0 aliphatic carbocycles. The number of benzene rings is 1. The van der Waals surface area contributed by atoms with Crippen molar-refractivity contribution in [3.05, 3.63) is 42.0 Å². The van der Waals surface area contributed by atoms with E-state index in [-0.39, 0.29) is 5.97 Å². The minimum absolute atomic E-state index is 0.311. The number of aliphatic carboxylic acids is 1. The smallest absolute Gasteiger partial charge is 0.338 e. The summed E-state index contributed by atoms with van der Waals surface area (Å²) >= 11 is 0. The minimum Gasteiger partial charge on any atom is -0.478 e. The molecule has 2 N–H and O–H groups in total. The molecule has 1 rings (SSSR count). The summed E-state index contributed by atoms with van der Waals surface area (Å²) in [5.74, 6) is -1.22. The third-order valence-electron chi connectivity index (χ3n) is 2.78. The number of hydrogen-bond acceptors (Lipinski definition) is 4. The summed E-state index contributed by atoms with van der Waals surface area (Å²) in [6.07, 6.45) is 5.47. The molecule has 0 fully saturated rings. The van der Waals surface area contributed by atoms with Crippen LogP contribution in [0.1, 0.15) is 36.5 Å². The summed E-state index contributed by atoms with van der Waals surface area (Å²) in [4.78, 5) is 21.7. The quantitative estimate of drug-likeness (QED) is 0.415. The van der Waals surface area contributed by atoms with Gasteiger partial charge in [0.15, 0.2) is 0 Å². The second-order valence-electron chi connectivity index (χ2n) is 4.46. The summed E-state index contributed by atoms with van der Waals surface area (Å²) in [6.45, 7) is 2.95. The Kier molecular flexibility index (Phi) is 7.64. The summed E-state index contributed by atoms with van der Waals surface area (Å²) in [5.41, 5.74) is 1.49.